The number of carbonyl (C=O) groups is 1. The Balaban J connectivity index is 1.30. The van der Waals surface area contributed by atoms with Crippen LogP contribution in [0.5, 0.6) is 0 Å². The summed E-state index contributed by atoms with van der Waals surface area (Å²) in [5.74, 6) is 0.236. The molecule has 1 aromatic carbocycles. The van der Waals surface area contributed by atoms with E-state index < -0.39 is 0 Å². The molecule has 2 aliphatic rings. The summed E-state index contributed by atoms with van der Waals surface area (Å²) >= 11 is 0. The van der Waals surface area contributed by atoms with Gasteiger partial charge in [-0.3, -0.25) is 14.9 Å². The number of nitrogens with zero attached hydrogens (tertiary/aromatic N) is 4. The van der Waals surface area contributed by atoms with Gasteiger partial charge in [-0.15, -0.1) is 0 Å². The summed E-state index contributed by atoms with van der Waals surface area (Å²) in [5.41, 5.74) is 10.8. The molecule has 0 bridgehead atoms. The standard InChI is InChI=1S/C27H27N5O2/c1-16-12-23-27(29-25(16)21-7-3-5-17-4-2-6-20(17)21)26(31-30-23)18-8-9-22(28-13-18)19-14-32(15-19)24(34)10-11-33/h3,5,7-9,12-13,19,33H,2,4,6,10-11,14-15H2,1H3,(H,30,31). The quantitative estimate of drug-likeness (QED) is 0.479. The number of hydrogen-bond acceptors (Lipinski definition) is 5. The summed E-state index contributed by atoms with van der Waals surface area (Å²) in [4.78, 5) is 23.4. The zero-order valence-corrected chi connectivity index (χ0v) is 19.2. The lowest BCUT2D eigenvalue weighted by atomic mass is 9.94. The van der Waals surface area contributed by atoms with Crippen molar-refractivity contribution in [2.24, 2.45) is 0 Å². The Labute approximate surface area is 197 Å². The van der Waals surface area contributed by atoms with Gasteiger partial charge in [0, 0.05) is 48.4 Å². The molecule has 1 aliphatic carbocycles. The normalized spacial score (nSPS) is 15.5. The maximum absolute atomic E-state index is 11.9. The third kappa shape index (κ3) is 3.47. The number of fused-ring (bicyclic) bond motifs is 2. The predicted molar refractivity (Wildman–Crippen MR) is 130 cm³/mol. The van der Waals surface area contributed by atoms with Crippen molar-refractivity contribution < 1.29 is 9.90 Å². The Kier molecular flexibility index (Phi) is 5.14. The van der Waals surface area contributed by atoms with Crippen LogP contribution in [0.4, 0.5) is 0 Å². The van der Waals surface area contributed by atoms with Gasteiger partial charge in [0.05, 0.1) is 17.8 Å². The second kappa shape index (κ2) is 8.33. The Morgan fingerprint density at radius 1 is 1.18 bits per heavy atom. The molecule has 3 aromatic heterocycles. The first-order chi connectivity index (χ1) is 16.6. The van der Waals surface area contributed by atoms with Crippen molar-refractivity contribution in [2.75, 3.05) is 19.7 Å². The third-order valence-corrected chi connectivity index (χ3v) is 7.16. The number of rotatable bonds is 5. The minimum Gasteiger partial charge on any atom is -0.396 e. The Morgan fingerprint density at radius 2 is 2.06 bits per heavy atom. The van der Waals surface area contributed by atoms with Crippen LogP contribution in [-0.4, -0.2) is 55.8 Å². The fraction of sp³-hybridized carbons (Fsp3) is 0.333. The topological polar surface area (TPSA) is 95.0 Å². The lowest BCUT2D eigenvalue weighted by Crippen LogP contribution is -2.48. The van der Waals surface area contributed by atoms with Crippen LogP contribution in [0.2, 0.25) is 0 Å². The number of aromatic amines is 1. The monoisotopic (exact) mass is 453 g/mol. The first kappa shape index (κ1) is 21.0. The van der Waals surface area contributed by atoms with Crippen LogP contribution in [0.1, 0.15) is 41.1 Å². The fourth-order valence-corrected chi connectivity index (χ4v) is 5.27. The lowest BCUT2D eigenvalue weighted by molar-refractivity contribution is -0.136. The predicted octanol–water partition coefficient (Wildman–Crippen LogP) is 3.79. The summed E-state index contributed by atoms with van der Waals surface area (Å²) < 4.78 is 0. The number of hydrogen-bond donors (Lipinski definition) is 2. The summed E-state index contributed by atoms with van der Waals surface area (Å²) in [6, 6.07) is 12.8. The van der Waals surface area contributed by atoms with E-state index >= 15 is 0 Å². The van der Waals surface area contributed by atoms with E-state index in [0.29, 0.717) is 13.1 Å². The van der Waals surface area contributed by atoms with Crippen molar-refractivity contribution in [3.63, 3.8) is 0 Å². The van der Waals surface area contributed by atoms with Crippen LogP contribution < -0.4 is 0 Å². The Morgan fingerprint density at radius 3 is 2.85 bits per heavy atom. The second-order valence-corrected chi connectivity index (χ2v) is 9.36. The van der Waals surface area contributed by atoms with Crippen molar-refractivity contribution in [3.8, 4) is 22.5 Å². The molecule has 7 heteroatoms. The number of pyridine rings is 2. The average Bonchev–Trinajstić information content (AvgIpc) is 3.45. The fourth-order valence-electron chi connectivity index (χ4n) is 5.27. The highest BCUT2D eigenvalue weighted by molar-refractivity contribution is 5.92. The van der Waals surface area contributed by atoms with Crippen molar-refractivity contribution >= 4 is 16.9 Å². The zero-order valence-electron chi connectivity index (χ0n) is 19.2. The smallest absolute Gasteiger partial charge is 0.224 e. The molecule has 0 atom stereocenters. The van der Waals surface area contributed by atoms with Crippen molar-refractivity contribution in [2.45, 2.75) is 38.5 Å². The summed E-state index contributed by atoms with van der Waals surface area (Å²) in [6.45, 7) is 3.32. The molecular formula is C27H27N5O2. The maximum atomic E-state index is 11.9. The van der Waals surface area contributed by atoms with Crippen molar-refractivity contribution in [1.82, 2.24) is 25.1 Å². The molecule has 0 spiro atoms. The third-order valence-electron chi connectivity index (χ3n) is 7.16. The molecule has 34 heavy (non-hydrogen) atoms. The largest absolute Gasteiger partial charge is 0.396 e. The van der Waals surface area contributed by atoms with Gasteiger partial charge in [-0.25, -0.2) is 4.98 Å². The summed E-state index contributed by atoms with van der Waals surface area (Å²) in [7, 11) is 0. The molecule has 0 unspecified atom stereocenters. The number of benzene rings is 1. The first-order valence-corrected chi connectivity index (χ1v) is 11.9. The number of carbonyl (C=O) groups excluding carboxylic acids is 1. The number of likely N-dealkylation sites (tertiary alicyclic amines) is 1. The minimum atomic E-state index is -0.105. The zero-order chi connectivity index (χ0) is 23.2. The summed E-state index contributed by atoms with van der Waals surface area (Å²) in [6.07, 6.45) is 5.50. The average molecular weight is 454 g/mol. The van der Waals surface area contributed by atoms with Crippen LogP contribution in [0.25, 0.3) is 33.5 Å². The number of H-pyrrole nitrogens is 1. The number of aliphatic hydroxyl groups excluding tert-OH is 1. The molecule has 4 heterocycles. The van der Waals surface area contributed by atoms with E-state index in [1.165, 1.54) is 23.1 Å². The highest BCUT2D eigenvalue weighted by atomic mass is 16.3. The molecular weight excluding hydrogens is 426 g/mol. The molecule has 7 nitrogen and oxygen atoms in total. The SMILES string of the molecule is Cc1cc2[nH]nc(-c3ccc(C4CN(C(=O)CCO)C4)nc3)c2nc1-c1cccc2c1CCC2. The van der Waals surface area contributed by atoms with Crippen LogP contribution >= 0.6 is 0 Å². The van der Waals surface area contributed by atoms with E-state index in [9.17, 15) is 4.79 Å². The second-order valence-electron chi connectivity index (χ2n) is 9.36. The highest BCUT2D eigenvalue weighted by Crippen LogP contribution is 2.36. The molecule has 1 aliphatic heterocycles. The van der Waals surface area contributed by atoms with E-state index in [2.05, 4.69) is 46.4 Å². The number of aromatic nitrogens is 4. The minimum absolute atomic E-state index is 0.000376. The lowest BCUT2D eigenvalue weighted by Gasteiger charge is -2.39. The van der Waals surface area contributed by atoms with Crippen LogP contribution in [0.3, 0.4) is 0 Å². The molecule has 4 aromatic rings. The van der Waals surface area contributed by atoms with Crippen LogP contribution in [0, 0.1) is 6.92 Å². The van der Waals surface area contributed by atoms with Gasteiger partial charge in [0.2, 0.25) is 5.91 Å². The molecule has 0 radical (unpaired) electrons. The van der Waals surface area contributed by atoms with E-state index in [4.69, 9.17) is 10.1 Å². The first-order valence-electron chi connectivity index (χ1n) is 11.9. The van der Waals surface area contributed by atoms with Gasteiger partial charge >= 0.3 is 0 Å². The highest BCUT2D eigenvalue weighted by Gasteiger charge is 2.32. The van der Waals surface area contributed by atoms with Gasteiger partial charge in [0.15, 0.2) is 0 Å². The van der Waals surface area contributed by atoms with Gasteiger partial charge in [0.25, 0.3) is 0 Å². The molecule has 1 saturated heterocycles. The number of nitrogens with one attached hydrogen (secondary N) is 1. The van der Waals surface area contributed by atoms with Gasteiger partial charge in [0.1, 0.15) is 11.2 Å². The molecule has 1 fully saturated rings. The Hall–Kier alpha value is -3.58. The van der Waals surface area contributed by atoms with Crippen LogP contribution in [-0.2, 0) is 17.6 Å². The summed E-state index contributed by atoms with van der Waals surface area (Å²) in [5, 5.41) is 16.7. The molecule has 172 valence electrons. The van der Waals surface area contributed by atoms with Gasteiger partial charge in [-0.2, -0.15) is 5.10 Å². The maximum Gasteiger partial charge on any atom is 0.224 e. The van der Waals surface area contributed by atoms with Gasteiger partial charge in [-0.05, 0) is 61.1 Å². The van der Waals surface area contributed by atoms with E-state index in [1.807, 2.05) is 18.3 Å². The molecule has 6 rings (SSSR count). The van der Waals surface area contributed by atoms with E-state index in [-0.39, 0.29) is 24.9 Å². The van der Waals surface area contributed by atoms with Crippen molar-refractivity contribution in [3.05, 3.63) is 65.0 Å². The van der Waals surface area contributed by atoms with E-state index in [0.717, 1.165) is 52.1 Å². The van der Waals surface area contributed by atoms with Gasteiger partial charge in [-0.1, -0.05) is 18.2 Å². The van der Waals surface area contributed by atoms with E-state index in [1.54, 1.807) is 4.90 Å². The number of aryl methyl sites for hydroxylation is 2. The van der Waals surface area contributed by atoms with Gasteiger partial charge < -0.3 is 10.0 Å². The Bertz CT molecular complexity index is 1390. The number of aliphatic hydroxyl groups is 1. The molecule has 1 amide bonds. The molecule has 0 saturated carbocycles. The van der Waals surface area contributed by atoms with Crippen molar-refractivity contribution in [1.29, 1.82) is 0 Å². The van der Waals surface area contributed by atoms with Crippen LogP contribution in [0.15, 0.2) is 42.6 Å². The molecule has 2 N–H and O–H groups in total. The number of amides is 1.